The van der Waals surface area contributed by atoms with Gasteiger partial charge in [-0.2, -0.15) is 0 Å². The minimum atomic E-state index is -1.03. The average Bonchev–Trinajstić information content (AvgIpc) is 3.12. The number of phenols is 1. The Bertz CT molecular complexity index is 1070. The molecule has 7 heteroatoms. The first-order valence-electron chi connectivity index (χ1n) is 10.3. The van der Waals surface area contributed by atoms with Crippen LogP contribution < -0.4 is 4.90 Å². The molecule has 0 fully saturated rings. The van der Waals surface area contributed by atoms with E-state index in [0.717, 1.165) is 29.4 Å². The van der Waals surface area contributed by atoms with Gasteiger partial charge in [-0.1, -0.05) is 37.6 Å². The lowest BCUT2D eigenvalue weighted by atomic mass is 9.89. The molecule has 0 aliphatic carbocycles. The molecular weight excluding hydrogens is 382 g/mol. The van der Waals surface area contributed by atoms with Gasteiger partial charge in [0.1, 0.15) is 5.75 Å². The number of hydrogen-bond donors (Lipinski definition) is 1. The molecule has 1 amide bonds. The van der Waals surface area contributed by atoms with Crippen molar-refractivity contribution >= 4 is 28.9 Å². The molecule has 4 rings (SSSR count). The Hall–Kier alpha value is -3.35. The van der Waals surface area contributed by atoms with Crippen molar-refractivity contribution in [2.75, 3.05) is 18.1 Å². The van der Waals surface area contributed by atoms with Crippen LogP contribution in [0.25, 0.3) is 11.0 Å². The number of nitrogens with zero attached hydrogens (tertiary/aromatic N) is 3. The Morgan fingerprint density at radius 3 is 2.57 bits per heavy atom. The van der Waals surface area contributed by atoms with Crippen molar-refractivity contribution in [2.45, 2.75) is 32.7 Å². The van der Waals surface area contributed by atoms with Crippen LogP contribution in [0.2, 0.25) is 0 Å². The fourth-order valence-electron chi connectivity index (χ4n) is 4.05. The molecule has 7 nitrogen and oxygen atoms in total. The molecule has 0 saturated carbocycles. The number of aromatic hydroxyl groups is 1. The number of rotatable bonds is 6. The molecule has 1 aromatic heterocycles. The number of carbonyl (C=O) groups excluding carboxylic acids is 2. The topological polar surface area (TPSA) is 84.7 Å². The molecule has 0 saturated heterocycles. The number of imidazole rings is 1. The van der Waals surface area contributed by atoms with E-state index in [1.807, 2.05) is 28.8 Å². The predicted octanol–water partition coefficient (Wildman–Crippen LogP) is 3.66. The van der Waals surface area contributed by atoms with Gasteiger partial charge in [-0.05, 0) is 43.2 Å². The Kier molecular flexibility index (Phi) is 5.44. The summed E-state index contributed by atoms with van der Waals surface area (Å²) in [5, 5.41) is 9.75. The second-order valence-corrected chi connectivity index (χ2v) is 7.38. The van der Waals surface area contributed by atoms with E-state index in [-0.39, 0.29) is 18.3 Å². The summed E-state index contributed by atoms with van der Waals surface area (Å²) in [4.78, 5) is 32.9. The SMILES string of the molecule is CCCCN1C(=O)[C@H](C(=O)OCC)[C@@H](c2ccc(O)cc2)n2c1nc1ccccc12. The van der Waals surface area contributed by atoms with Gasteiger partial charge in [-0.25, -0.2) is 4.98 Å². The fourth-order valence-corrected chi connectivity index (χ4v) is 4.05. The number of benzene rings is 2. The third-order valence-electron chi connectivity index (χ3n) is 5.46. The molecule has 0 bridgehead atoms. The number of hydrogen-bond acceptors (Lipinski definition) is 5. The molecule has 2 atom stereocenters. The third kappa shape index (κ3) is 3.30. The summed E-state index contributed by atoms with van der Waals surface area (Å²) >= 11 is 0. The molecule has 2 aromatic carbocycles. The van der Waals surface area contributed by atoms with Crippen LogP contribution in [0, 0.1) is 5.92 Å². The lowest BCUT2D eigenvalue weighted by molar-refractivity contribution is -0.153. The summed E-state index contributed by atoms with van der Waals surface area (Å²) in [5.41, 5.74) is 2.34. The van der Waals surface area contributed by atoms with E-state index in [9.17, 15) is 14.7 Å². The Labute approximate surface area is 174 Å². The average molecular weight is 407 g/mol. The van der Waals surface area contributed by atoms with Crippen molar-refractivity contribution in [2.24, 2.45) is 5.92 Å². The molecule has 0 radical (unpaired) electrons. The van der Waals surface area contributed by atoms with Crippen LogP contribution in [0.5, 0.6) is 5.75 Å². The van der Waals surface area contributed by atoms with Gasteiger partial charge < -0.3 is 14.4 Å². The zero-order chi connectivity index (χ0) is 21.3. The maximum absolute atomic E-state index is 13.6. The summed E-state index contributed by atoms with van der Waals surface area (Å²) in [6.07, 6.45) is 1.71. The van der Waals surface area contributed by atoms with E-state index in [4.69, 9.17) is 9.72 Å². The number of esters is 1. The highest BCUT2D eigenvalue weighted by molar-refractivity contribution is 6.08. The number of aromatic nitrogens is 2. The smallest absolute Gasteiger partial charge is 0.321 e. The van der Waals surface area contributed by atoms with Gasteiger partial charge >= 0.3 is 5.97 Å². The van der Waals surface area contributed by atoms with Crippen LogP contribution in [-0.2, 0) is 14.3 Å². The van der Waals surface area contributed by atoms with Crippen molar-refractivity contribution in [1.29, 1.82) is 0 Å². The van der Waals surface area contributed by atoms with Crippen molar-refractivity contribution in [1.82, 2.24) is 9.55 Å². The second-order valence-electron chi connectivity index (χ2n) is 7.38. The van der Waals surface area contributed by atoms with Crippen LogP contribution >= 0.6 is 0 Å². The minimum Gasteiger partial charge on any atom is -0.508 e. The zero-order valence-electron chi connectivity index (χ0n) is 17.1. The summed E-state index contributed by atoms with van der Waals surface area (Å²) in [7, 11) is 0. The Morgan fingerprint density at radius 2 is 1.87 bits per heavy atom. The van der Waals surface area contributed by atoms with Crippen LogP contribution in [0.4, 0.5) is 5.95 Å². The molecule has 1 aliphatic rings. The van der Waals surface area contributed by atoms with E-state index >= 15 is 0 Å². The van der Waals surface area contributed by atoms with E-state index in [1.54, 1.807) is 36.1 Å². The van der Waals surface area contributed by atoms with Crippen LogP contribution in [-0.4, -0.2) is 39.7 Å². The highest BCUT2D eigenvalue weighted by Crippen LogP contribution is 2.41. The molecule has 30 heavy (non-hydrogen) atoms. The molecule has 2 heterocycles. The number of fused-ring (bicyclic) bond motifs is 3. The minimum absolute atomic E-state index is 0.119. The summed E-state index contributed by atoms with van der Waals surface area (Å²) in [6, 6.07) is 13.6. The van der Waals surface area contributed by atoms with Crippen molar-refractivity contribution in [3.05, 3.63) is 54.1 Å². The highest BCUT2D eigenvalue weighted by atomic mass is 16.5. The normalized spacial score (nSPS) is 18.5. The van der Waals surface area contributed by atoms with Gasteiger partial charge in [-0.3, -0.25) is 14.5 Å². The molecule has 1 aliphatic heterocycles. The standard InChI is InChI=1S/C23H25N3O4/c1-3-5-14-25-21(28)19(22(29)30-4-2)20(15-10-12-16(27)13-11-15)26-18-9-7-6-8-17(18)24-23(25)26/h6-13,19-20,27H,3-5,14H2,1-2H3/t19-,20-/m1/s1. The first kappa shape index (κ1) is 19.9. The van der Waals surface area contributed by atoms with E-state index in [0.29, 0.717) is 12.5 Å². The van der Waals surface area contributed by atoms with Crippen LogP contribution in [0.1, 0.15) is 38.3 Å². The number of ether oxygens (including phenoxy) is 1. The number of amides is 1. The van der Waals surface area contributed by atoms with Gasteiger partial charge in [-0.15, -0.1) is 0 Å². The lowest BCUT2D eigenvalue weighted by Gasteiger charge is -2.38. The van der Waals surface area contributed by atoms with Gasteiger partial charge in [0.2, 0.25) is 11.9 Å². The maximum Gasteiger partial charge on any atom is 0.321 e. The molecular formula is C23H25N3O4. The third-order valence-corrected chi connectivity index (χ3v) is 5.46. The second kappa shape index (κ2) is 8.18. The fraction of sp³-hybridized carbons (Fsp3) is 0.348. The summed E-state index contributed by atoms with van der Waals surface area (Å²) in [5.74, 6) is -1.23. The zero-order valence-corrected chi connectivity index (χ0v) is 17.1. The largest absolute Gasteiger partial charge is 0.508 e. The Morgan fingerprint density at radius 1 is 1.13 bits per heavy atom. The maximum atomic E-state index is 13.6. The van der Waals surface area contributed by atoms with Crippen molar-refractivity contribution in [3.8, 4) is 5.75 Å². The van der Waals surface area contributed by atoms with Crippen molar-refractivity contribution < 1.29 is 19.4 Å². The number of phenolic OH excluding ortho intramolecular Hbond substituents is 1. The Balaban J connectivity index is 1.97. The lowest BCUT2D eigenvalue weighted by Crippen LogP contribution is -2.50. The van der Waals surface area contributed by atoms with Gasteiger partial charge in [0, 0.05) is 6.54 Å². The number of unbranched alkanes of at least 4 members (excludes halogenated alkanes) is 1. The summed E-state index contributed by atoms with van der Waals surface area (Å²) < 4.78 is 7.27. The van der Waals surface area contributed by atoms with E-state index in [2.05, 4.69) is 6.92 Å². The number of anilines is 1. The quantitative estimate of drug-likeness (QED) is 0.498. The highest BCUT2D eigenvalue weighted by Gasteiger charge is 2.47. The summed E-state index contributed by atoms with van der Waals surface area (Å²) in [6.45, 7) is 4.46. The van der Waals surface area contributed by atoms with Crippen molar-refractivity contribution in [3.63, 3.8) is 0 Å². The molecule has 0 spiro atoms. The first-order valence-corrected chi connectivity index (χ1v) is 10.3. The molecule has 156 valence electrons. The van der Waals surface area contributed by atoms with Crippen LogP contribution in [0.3, 0.4) is 0 Å². The molecule has 3 aromatic rings. The predicted molar refractivity (Wildman–Crippen MR) is 113 cm³/mol. The monoisotopic (exact) mass is 407 g/mol. The van der Waals surface area contributed by atoms with E-state index in [1.165, 1.54) is 0 Å². The van der Waals surface area contributed by atoms with Gasteiger partial charge in [0.25, 0.3) is 0 Å². The number of para-hydroxylation sites is 2. The molecule has 0 unspecified atom stereocenters. The number of carbonyl (C=O) groups is 2. The van der Waals surface area contributed by atoms with Gasteiger partial charge in [0.15, 0.2) is 5.92 Å². The van der Waals surface area contributed by atoms with Crippen LogP contribution in [0.15, 0.2) is 48.5 Å². The van der Waals surface area contributed by atoms with Gasteiger partial charge in [0.05, 0.1) is 23.7 Å². The first-order chi connectivity index (χ1) is 14.6. The molecule has 1 N–H and O–H groups in total. The van der Waals surface area contributed by atoms with E-state index < -0.39 is 17.9 Å².